The molecule has 1 amide bonds. The van der Waals surface area contributed by atoms with Gasteiger partial charge in [0.2, 0.25) is 10.0 Å². The molecule has 2 aromatic rings. The summed E-state index contributed by atoms with van der Waals surface area (Å²) in [4.78, 5) is 14.1. The summed E-state index contributed by atoms with van der Waals surface area (Å²) in [6.45, 7) is -0.525. The predicted octanol–water partition coefficient (Wildman–Crippen LogP) is 2.57. The summed E-state index contributed by atoms with van der Waals surface area (Å²) in [6.07, 6.45) is 2.38. The summed E-state index contributed by atoms with van der Waals surface area (Å²) in [5.41, 5.74) is 4.06. The lowest BCUT2D eigenvalue weighted by atomic mass is 10.2. The average Bonchev–Trinajstić information content (AvgIpc) is 2.58. The van der Waals surface area contributed by atoms with Crippen molar-refractivity contribution in [3.05, 3.63) is 58.3 Å². The highest BCUT2D eigenvalue weighted by atomic mass is 79.9. The Balaban J connectivity index is 2.07. The fourth-order valence-corrected chi connectivity index (χ4v) is 3.94. The second-order valence-electron chi connectivity index (χ2n) is 6.15. The zero-order valence-corrected chi connectivity index (χ0v) is 18.0. The molecule has 0 bridgehead atoms. The highest BCUT2D eigenvalue weighted by Crippen LogP contribution is 2.25. The van der Waals surface area contributed by atoms with Crippen molar-refractivity contribution in [1.82, 2.24) is 5.43 Å². The molecule has 0 aliphatic carbocycles. The van der Waals surface area contributed by atoms with Crippen molar-refractivity contribution in [3.8, 4) is 0 Å². The Hall–Kier alpha value is -2.46. The molecule has 0 aromatic heterocycles. The summed E-state index contributed by atoms with van der Waals surface area (Å²) in [5.74, 6) is -1.26. The van der Waals surface area contributed by atoms with Crippen LogP contribution in [0, 0.1) is 5.82 Å². The number of hydrogen-bond donors (Lipinski definition) is 1. The molecule has 150 valence electrons. The summed E-state index contributed by atoms with van der Waals surface area (Å²) in [6, 6.07) is 10.6. The summed E-state index contributed by atoms with van der Waals surface area (Å²) < 4.78 is 39.0. The number of hydrazone groups is 1. The van der Waals surface area contributed by atoms with Crippen LogP contribution in [0.1, 0.15) is 5.56 Å². The number of carbonyl (C=O) groups excluding carboxylic acids is 1. The number of benzene rings is 2. The first-order chi connectivity index (χ1) is 13.1. The van der Waals surface area contributed by atoms with Gasteiger partial charge in [-0.3, -0.25) is 9.10 Å². The number of nitrogens with zero attached hydrogens (tertiary/aromatic N) is 3. The number of sulfonamides is 1. The van der Waals surface area contributed by atoms with Crippen LogP contribution in [0.4, 0.5) is 15.8 Å². The largest absolute Gasteiger partial charge is 0.377 e. The Morgan fingerprint density at radius 1 is 1.25 bits per heavy atom. The monoisotopic (exact) mass is 470 g/mol. The maximum Gasteiger partial charge on any atom is 0.260 e. The highest BCUT2D eigenvalue weighted by molar-refractivity contribution is 9.10. The second-order valence-corrected chi connectivity index (χ2v) is 8.91. The molecule has 0 saturated carbocycles. The number of halogens is 2. The quantitative estimate of drug-likeness (QED) is 0.497. The number of hydrogen-bond acceptors (Lipinski definition) is 5. The first-order valence-electron chi connectivity index (χ1n) is 8.10. The third kappa shape index (κ3) is 6.03. The van der Waals surface area contributed by atoms with Gasteiger partial charge in [0.15, 0.2) is 0 Å². The molecular weight excluding hydrogens is 451 g/mol. The van der Waals surface area contributed by atoms with Gasteiger partial charge in [-0.2, -0.15) is 5.10 Å². The zero-order chi connectivity index (χ0) is 20.9. The number of rotatable bonds is 7. The molecule has 7 nitrogen and oxygen atoms in total. The van der Waals surface area contributed by atoms with Crippen LogP contribution in [0.2, 0.25) is 0 Å². The number of carbonyl (C=O) groups is 1. The normalized spacial score (nSPS) is 11.5. The van der Waals surface area contributed by atoms with Gasteiger partial charge in [-0.05, 0) is 51.8 Å². The van der Waals surface area contributed by atoms with Gasteiger partial charge in [0, 0.05) is 18.6 Å². The fourth-order valence-electron chi connectivity index (χ4n) is 2.34. The van der Waals surface area contributed by atoms with Gasteiger partial charge in [-0.15, -0.1) is 0 Å². The standard InChI is InChI=1S/C18H20BrFN4O3S/c1-23(2)17-8-7-13(9-16(17)19)11-21-22-18(25)12-24(28(3,26)27)15-6-4-5-14(20)10-15/h4-11H,12H2,1-3H3,(H,22,25)/b21-11-. The van der Waals surface area contributed by atoms with Crippen LogP contribution in [0.15, 0.2) is 52.0 Å². The first kappa shape index (κ1) is 21.8. The van der Waals surface area contributed by atoms with Crippen molar-refractivity contribution in [2.24, 2.45) is 5.10 Å². The molecule has 2 aromatic carbocycles. The number of nitrogens with one attached hydrogen (secondary N) is 1. The van der Waals surface area contributed by atoms with Gasteiger partial charge in [0.1, 0.15) is 12.4 Å². The summed E-state index contributed by atoms with van der Waals surface area (Å²) in [7, 11) is 0.0513. The topological polar surface area (TPSA) is 82.1 Å². The minimum Gasteiger partial charge on any atom is -0.377 e. The van der Waals surface area contributed by atoms with Crippen molar-refractivity contribution in [3.63, 3.8) is 0 Å². The van der Waals surface area contributed by atoms with Gasteiger partial charge in [0.05, 0.1) is 23.8 Å². The SMILES string of the molecule is CN(C)c1ccc(/C=N\NC(=O)CN(c2cccc(F)c2)S(C)(=O)=O)cc1Br. The van der Waals surface area contributed by atoms with E-state index in [9.17, 15) is 17.6 Å². The Morgan fingerprint density at radius 2 is 1.96 bits per heavy atom. The Kier molecular flexibility index (Phi) is 7.14. The van der Waals surface area contributed by atoms with Crippen molar-refractivity contribution in [2.75, 3.05) is 36.1 Å². The average molecular weight is 471 g/mol. The molecule has 0 aliphatic rings. The Labute approximate surface area is 172 Å². The fraction of sp³-hybridized carbons (Fsp3) is 0.222. The van der Waals surface area contributed by atoms with Gasteiger partial charge >= 0.3 is 0 Å². The lowest BCUT2D eigenvalue weighted by molar-refractivity contribution is -0.119. The van der Waals surface area contributed by atoms with E-state index in [0.29, 0.717) is 0 Å². The van der Waals surface area contributed by atoms with Gasteiger partial charge < -0.3 is 4.90 Å². The molecule has 0 atom stereocenters. The van der Waals surface area contributed by atoms with Crippen LogP contribution in [0.5, 0.6) is 0 Å². The van der Waals surface area contributed by atoms with E-state index in [1.807, 2.05) is 37.2 Å². The van der Waals surface area contributed by atoms with E-state index in [1.54, 1.807) is 0 Å². The molecule has 0 aliphatic heterocycles. The van der Waals surface area contributed by atoms with E-state index >= 15 is 0 Å². The molecule has 0 radical (unpaired) electrons. The maximum absolute atomic E-state index is 13.4. The van der Waals surface area contributed by atoms with Gasteiger partial charge in [-0.1, -0.05) is 12.1 Å². The van der Waals surface area contributed by atoms with Crippen molar-refractivity contribution < 1.29 is 17.6 Å². The molecule has 0 fully saturated rings. The van der Waals surface area contributed by atoms with E-state index in [2.05, 4.69) is 26.5 Å². The molecule has 10 heteroatoms. The summed E-state index contributed by atoms with van der Waals surface area (Å²) in [5, 5.41) is 3.85. The first-order valence-corrected chi connectivity index (χ1v) is 10.7. The molecule has 0 heterocycles. The molecule has 1 N–H and O–H groups in total. The van der Waals surface area contributed by atoms with E-state index in [0.717, 1.165) is 32.4 Å². The van der Waals surface area contributed by atoms with Crippen LogP contribution in [-0.2, 0) is 14.8 Å². The molecule has 0 unspecified atom stereocenters. The lowest BCUT2D eigenvalue weighted by Crippen LogP contribution is -2.39. The molecule has 0 saturated heterocycles. The number of anilines is 2. The smallest absolute Gasteiger partial charge is 0.260 e. The Morgan fingerprint density at radius 3 is 2.54 bits per heavy atom. The van der Waals surface area contributed by atoms with E-state index in [1.165, 1.54) is 24.4 Å². The van der Waals surface area contributed by atoms with Crippen LogP contribution in [0.3, 0.4) is 0 Å². The minimum atomic E-state index is -3.78. The number of amides is 1. The minimum absolute atomic E-state index is 0.0600. The Bertz CT molecular complexity index is 996. The van der Waals surface area contributed by atoms with Crippen LogP contribution in [-0.4, -0.2) is 47.4 Å². The van der Waals surface area contributed by atoms with Gasteiger partial charge in [0.25, 0.3) is 5.91 Å². The molecular formula is C18H20BrFN4O3S. The maximum atomic E-state index is 13.4. The zero-order valence-electron chi connectivity index (χ0n) is 15.6. The van der Waals surface area contributed by atoms with Crippen LogP contribution >= 0.6 is 15.9 Å². The van der Waals surface area contributed by atoms with Crippen LogP contribution in [0.25, 0.3) is 0 Å². The predicted molar refractivity (Wildman–Crippen MR) is 113 cm³/mol. The van der Waals surface area contributed by atoms with Crippen molar-refractivity contribution in [1.29, 1.82) is 0 Å². The highest BCUT2D eigenvalue weighted by Gasteiger charge is 2.21. The van der Waals surface area contributed by atoms with E-state index in [-0.39, 0.29) is 5.69 Å². The van der Waals surface area contributed by atoms with E-state index < -0.39 is 28.3 Å². The summed E-state index contributed by atoms with van der Waals surface area (Å²) >= 11 is 3.46. The van der Waals surface area contributed by atoms with Crippen molar-refractivity contribution in [2.45, 2.75) is 0 Å². The third-order valence-corrected chi connectivity index (χ3v) is 5.42. The second kappa shape index (κ2) is 9.16. The molecule has 2 rings (SSSR count). The van der Waals surface area contributed by atoms with Crippen LogP contribution < -0.4 is 14.6 Å². The molecule has 28 heavy (non-hydrogen) atoms. The van der Waals surface area contributed by atoms with Gasteiger partial charge in [-0.25, -0.2) is 18.2 Å². The van der Waals surface area contributed by atoms with E-state index in [4.69, 9.17) is 0 Å². The van der Waals surface area contributed by atoms with Crippen molar-refractivity contribution >= 4 is 49.4 Å². The third-order valence-electron chi connectivity index (χ3n) is 3.64. The lowest BCUT2D eigenvalue weighted by Gasteiger charge is -2.21. The molecule has 0 spiro atoms.